The zero-order valence-electron chi connectivity index (χ0n) is 12.7. The zero-order valence-corrected chi connectivity index (χ0v) is 13.6. The van der Waals surface area contributed by atoms with Gasteiger partial charge in [-0.25, -0.2) is 13.4 Å². The zero-order chi connectivity index (χ0) is 17.7. The molecule has 3 N–H and O–H groups in total. The van der Waals surface area contributed by atoms with E-state index >= 15 is 0 Å². The van der Waals surface area contributed by atoms with Crippen molar-refractivity contribution in [3.63, 3.8) is 0 Å². The maximum atomic E-state index is 12.3. The maximum absolute atomic E-state index is 12.3. The maximum Gasteiger partial charge on any atom is 0.263 e. The van der Waals surface area contributed by atoms with Gasteiger partial charge in [0, 0.05) is 11.9 Å². The lowest BCUT2D eigenvalue weighted by atomic mass is 10.3. The molecule has 10 nitrogen and oxygen atoms in total. The number of hydrogen-bond acceptors (Lipinski definition) is 7. The van der Waals surface area contributed by atoms with Crippen LogP contribution in [0.1, 0.15) is 5.82 Å². The smallest absolute Gasteiger partial charge is 0.263 e. The van der Waals surface area contributed by atoms with Crippen LogP contribution in [0.25, 0.3) is 0 Å². The Balaban J connectivity index is 1.66. The first kappa shape index (κ1) is 16.5. The summed E-state index contributed by atoms with van der Waals surface area (Å²) in [5, 5.41) is 15.6. The molecule has 2 aromatic heterocycles. The van der Waals surface area contributed by atoms with Crippen LogP contribution in [-0.4, -0.2) is 39.9 Å². The standard InChI is InChI=1S/C14H13N7O3S/c22-14(9-13-17-20-21-18-13)16-10-4-6-11(7-5-10)25(23,24)19-12-3-1-2-8-15-12/h1-8H,9H2,(H,15,19)(H,16,22)(H,17,18,20,21). The average molecular weight is 359 g/mol. The van der Waals surface area contributed by atoms with E-state index in [9.17, 15) is 13.2 Å². The van der Waals surface area contributed by atoms with Gasteiger partial charge in [0.1, 0.15) is 5.82 Å². The van der Waals surface area contributed by atoms with E-state index < -0.39 is 10.0 Å². The summed E-state index contributed by atoms with van der Waals surface area (Å²) < 4.78 is 26.9. The van der Waals surface area contributed by atoms with Gasteiger partial charge in [-0.3, -0.25) is 9.52 Å². The van der Waals surface area contributed by atoms with E-state index in [1.165, 1.54) is 30.5 Å². The van der Waals surface area contributed by atoms with Crippen molar-refractivity contribution in [3.05, 3.63) is 54.5 Å². The topological polar surface area (TPSA) is 143 Å². The molecule has 0 saturated carbocycles. The van der Waals surface area contributed by atoms with Crippen molar-refractivity contribution < 1.29 is 13.2 Å². The van der Waals surface area contributed by atoms with Crippen LogP contribution in [0.3, 0.4) is 0 Å². The van der Waals surface area contributed by atoms with Crippen LogP contribution >= 0.6 is 0 Å². The molecule has 2 heterocycles. The van der Waals surface area contributed by atoms with Crippen LogP contribution in [0.5, 0.6) is 0 Å². The number of H-pyrrole nitrogens is 1. The lowest BCUT2D eigenvalue weighted by Gasteiger charge is -2.08. The fraction of sp³-hybridized carbons (Fsp3) is 0.0714. The van der Waals surface area contributed by atoms with Crippen molar-refractivity contribution in [1.82, 2.24) is 25.6 Å². The minimum atomic E-state index is -3.76. The third-order valence-corrected chi connectivity index (χ3v) is 4.43. The Hall–Kier alpha value is -3.34. The molecule has 0 bridgehead atoms. The molecule has 0 radical (unpaired) electrons. The van der Waals surface area contributed by atoms with Crippen LogP contribution < -0.4 is 10.0 Å². The number of rotatable bonds is 6. The summed E-state index contributed by atoms with van der Waals surface area (Å²) in [4.78, 5) is 15.8. The second-order valence-corrected chi connectivity index (χ2v) is 6.58. The summed E-state index contributed by atoms with van der Waals surface area (Å²) in [7, 11) is -3.76. The molecule has 3 aromatic rings. The molecule has 1 amide bonds. The molecule has 11 heteroatoms. The highest BCUT2D eigenvalue weighted by Gasteiger charge is 2.15. The molecular formula is C14H13N7O3S. The van der Waals surface area contributed by atoms with Crippen molar-refractivity contribution in [3.8, 4) is 0 Å². The molecular weight excluding hydrogens is 346 g/mol. The Morgan fingerprint density at radius 2 is 1.92 bits per heavy atom. The second-order valence-electron chi connectivity index (χ2n) is 4.90. The van der Waals surface area contributed by atoms with E-state index in [2.05, 4.69) is 35.6 Å². The van der Waals surface area contributed by atoms with Crippen LogP contribution in [0.15, 0.2) is 53.6 Å². The number of amides is 1. The number of aromatic amines is 1. The molecule has 0 fully saturated rings. The number of hydrogen-bond donors (Lipinski definition) is 3. The van der Waals surface area contributed by atoms with Crippen LogP contribution in [-0.2, 0) is 21.2 Å². The van der Waals surface area contributed by atoms with E-state index in [-0.39, 0.29) is 28.9 Å². The van der Waals surface area contributed by atoms with E-state index in [4.69, 9.17) is 0 Å². The predicted molar refractivity (Wildman–Crippen MR) is 88.0 cm³/mol. The van der Waals surface area contributed by atoms with E-state index in [0.29, 0.717) is 5.69 Å². The van der Waals surface area contributed by atoms with Gasteiger partial charge in [-0.05, 0) is 36.4 Å². The van der Waals surface area contributed by atoms with Gasteiger partial charge in [0.15, 0.2) is 5.82 Å². The van der Waals surface area contributed by atoms with Gasteiger partial charge in [-0.2, -0.15) is 5.21 Å². The van der Waals surface area contributed by atoms with Gasteiger partial charge in [0.25, 0.3) is 10.0 Å². The summed E-state index contributed by atoms with van der Waals surface area (Å²) in [6, 6.07) is 10.6. The van der Waals surface area contributed by atoms with Crippen molar-refractivity contribution in [2.75, 3.05) is 10.0 Å². The normalized spacial score (nSPS) is 11.0. The lowest BCUT2D eigenvalue weighted by molar-refractivity contribution is -0.115. The van der Waals surface area contributed by atoms with E-state index in [1.54, 1.807) is 18.2 Å². The number of nitrogens with zero attached hydrogens (tertiary/aromatic N) is 4. The molecule has 128 valence electrons. The van der Waals surface area contributed by atoms with Gasteiger partial charge in [-0.15, -0.1) is 10.2 Å². The van der Waals surface area contributed by atoms with Gasteiger partial charge in [-0.1, -0.05) is 11.3 Å². The number of benzene rings is 1. The molecule has 0 aliphatic carbocycles. The fourth-order valence-corrected chi connectivity index (χ4v) is 2.95. The number of sulfonamides is 1. The van der Waals surface area contributed by atoms with Crippen LogP contribution in [0, 0.1) is 0 Å². The van der Waals surface area contributed by atoms with Gasteiger partial charge < -0.3 is 5.32 Å². The van der Waals surface area contributed by atoms with Gasteiger partial charge in [0.05, 0.1) is 11.3 Å². The molecule has 0 atom stereocenters. The van der Waals surface area contributed by atoms with E-state index in [0.717, 1.165) is 0 Å². The summed E-state index contributed by atoms with van der Waals surface area (Å²) in [5.41, 5.74) is 0.449. The van der Waals surface area contributed by atoms with E-state index in [1.807, 2.05) is 0 Å². The highest BCUT2D eigenvalue weighted by Crippen LogP contribution is 2.17. The Labute approximate surface area is 142 Å². The molecule has 0 aliphatic heterocycles. The summed E-state index contributed by atoms with van der Waals surface area (Å²) in [6.07, 6.45) is 1.44. The first-order valence-corrected chi connectivity index (χ1v) is 8.57. The monoisotopic (exact) mass is 359 g/mol. The molecule has 1 aromatic carbocycles. The summed E-state index contributed by atoms with van der Waals surface area (Å²) >= 11 is 0. The van der Waals surface area contributed by atoms with Crippen molar-refractivity contribution in [2.24, 2.45) is 0 Å². The average Bonchev–Trinajstić information content (AvgIpc) is 3.08. The van der Waals surface area contributed by atoms with Crippen molar-refractivity contribution in [1.29, 1.82) is 0 Å². The highest BCUT2D eigenvalue weighted by atomic mass is 32.2. The molecule has 0 unspecified atom stereocenters. The number of aromatic nitrogens is 5. The molecule has 0 spiro atoms. The quantitative estimate of drug-likeness (QED) is 0.584. The lowest BCUT2D eigenvalue weighted by Crippen LogP contribution is -2.16. The third-order valence-electron chi connectivity index (χ3n) is 3.06. The second kappa shape index (κ2) is 7.05. The summed E-state index contributed by atoms with van der Waals surface area (Å²) in [5.74, 6) is 0.139. The van der Waals surface area contributed by atoms with Crippen LogP contribution in [0.4, 0.5) is 11.5 Å². The Bertz CT molecular complexity index is 942. The minimum absolute atomic E-state index is 0.0439. The van der Waals surface area contributed by atoms with Gasteiger partial charge >= 0.3 is 0 Å². The largest absolute Gasteiger partial charge is 0.326 e. The molecule has 3 rings (SSSR count). The fourth-order valence-electron chi connectivity index (χ4n) is 1.94. The molecule has 25 heavy (non-hydrogen) atoms. The SMILES string of the molecule is O=C(Cc1nn[nH]n1)Nc1ccc(S(=O)(=O)Nc2ccccn2)cc1. The number of carbonyl (C=O) groups excluding carboxylic acids is 1. The summed E-state index contributed by atoms with van der Waals surface area (Å²) in [6.45, 7) is 0. The first-order valence-electron chi connectivity index (χ1n) is 7.09. The minimum Gasteiger partial charge on any atom is -0.326 e. The molecule has 0 saturated heterocycles. The predicted octanol–water partition coefficient (Wildman–Crippen LogP) is 0.577. The van der Waals surface area contributed by atoms with Crippen LogP contribution in [0.2, 0.25) is 0 Å². The number of tetrazole rings is 1. The number of carbonyl (C=O) groups is 1. The van der Waals surface area contributed by atoms with Gasteiger partial charge in [0.2, 0.25) is 5.91 Å². The van der Waals surface area contributed by atoms with Crippen molar-refractivity contribution in [2.45, 2.75) is 11.3 Å². The highest BCUT2D eigenvalue weighted by molar-refractivity contribution is 7.92. The molecule has 0 aliphatic rings. The number of pyridine rings is 1. The number of nitrogens with one attached hydrogen (secondary N) is 3. The Morgan fingerprint density at radius 1 is 1.12 bits per heavy atom. The Kier molecular flexibility index (Phi) is 4.66. The number of anilines is 2. The van der Waals surface area contributed by atoms with Crippen molar-refractivity contribution >= 4 is 27.4 Å². The first-order chi connectivity index (χ1) is 12.0. The Morgan fingerprint density at radius 3 is 2.56 bits per heavy atom. The third kappa shape index (κ3) is 4.35.